The first-order chi connectivity index (χ1) is 7.47. The lowest BCUT2D eigenvalue weighted by molar-refractivity contribution is -0.146. The molecule has 16 heavy (non-hydrogen) atoms. The van der Waals surface area contributed by atoms with E-state index in [0.29, 0.717) is 13.2 Å². The Hall–Kier alpha value is -0.220. The quantitative estimate of drug-likeness (QED) is 0.518. The third-order valence-electron chi connectivity index (χ3n) is 2.20. The summed E-state index contributed by atoms with van der Waals surface area (Å²) in [5, 5.41) is 2.63. The van der Waals surface area contributed by atoms with Crippen LogP contribution < -0.4 is 10.8 Å². The first-order valence-corrected chi connectivity index (χ1v) is 7.42. The van der Waals surface area contributed by atoms with Crippen molar-refractivity contribution in [3.63, 3.8) is 0 Å². The van der Waals surface area contributed by atoms with Crippen molar-refractivity contribution in [2.24, 2.45) is 11.7 Å². The molecule has 0 fully saturated rings. The Labute approximate surface area is 102 Å². The van der Waals surface area contributed by atoms with Gasteiger partial charge in [-0.05, 0) is 23.8 Å². The normalized spacial score (nSPS) is 15.4. The van der Waals surface area contributed by atoms with E-state index in [0.717, 1.165) is 12.8 Å². The lowest BCUT2D eigenvalue weighted by Crippen LogP contribution is -2.30. The summed E-state index contributed by atoms with van der Waals surface area (Å²) in [7, 11) is -1.82. The average Bonchev–Trinajstić information content (AvgIpc) is 2.21. The third-order valence-corrected chi connectivity index (χ3v) is 3.03. The molecule has 0 aliphatic heterocycles. The van der Waals surface area contributed by atoms with Crippen LogP contribution in [-0.2, 0) is 14.1 Å². The number of carbonyl (C=O) groups is 1. The van der Waals surface area contributed by atoms with Crippen molar-refractivity contribution >= 4 is 24.5 Å². The standard InChI is InChI=1S/C9H19ClN2O3P/c1-3-8(4-5-12-16(10)14)6-15-9(13)7(2)11/h7-8H,3-6,11H2,1-2H3,(H,12,14)/q+1/t7-,8?/m0/s1. The summed E-state index contributed by atoms with van der Waals surface area (Å²) in [6.07, 6.45) is 1.64. The highest BCUT2D eigenvalue weighted by Gasteiger charge is 2.15. The Morgan fingerprint density at radius 2 is 2.25 bits per heavy atom. The van der Waals surface area contributed by atoms with E-state index in [4.69, 9.17) is 21.7 Å². The fourth-order valence-corrected chi connectivity index (χ4v) is 1.65. The van der Waals surface area contributed by atoms with E-state index in [-0.39, 0.29) is 5.92 Å². The van der Waals surface area contributed by atoms with Gasteiger partial charge in [0, 0.05) is 6.54 Å². The summed E-state index contributed by atoms with van der Waals surface area (Å²) >= 11 is 5.27. The van der Waals surface area contributed by atoms with Gasteiger partial charge in [-0.2, -0.15) is 0 Å². The maximum Gasteiger partial charge on any atom is 0.553 e. The van der Waals surface area contributed by atoms with Gasteiger partial charge in [0.15, 0.2) is 0 Å². The summed E-state index contributed by atoms with van der Waals surface area (Å²) < 4.78 is 15.6. The molecule has 3 atom stereocenters. The van der Waals surface area contributed by atoms with Crippen molar-refractivity contribution in [2.75, 3.05) is 13.2 Å². The molecule has 0 amide bonds. The molecular formula is C9H19ClN2O3P+. The van der Waals surface area contributed by atoms with Crippen LogP contribution in [0, 0.1) is 5.92 Å². The molecule has 0 heterocycles. The molecule has 0 saturated heterocycles. The number of rotatable bonds is 8. The molecular weight excluding hydrogens is 251 g/mol. The number of carbonyl (C=O) groups excluding carboxylic acids is 1. The number of esters is 1. The number of nitrogens with one attached hydrogen (secondary N) is 1. The van der Waals surface area contributed by atoms with Gasteiger partial charge in [0.25, 0.3) is 0 Å². The summed E-state index contributed by atoms with van der Waals surface area (Å²) in [6.45, 7) is 4.48. The molecule has 0 radical (unpaired) electrons. The third kappa shape index (κ3) is 7.99. The van der Waals surface area contributed by atoms with Crippen molar-refractivity contribution in [1.29, 1.82) is 0 Å². The first-order valence-electron chi connectivity index (χ1n) is 5.26. The minimum Gasteiger partial charge on any atom is -0.464 e. The summed E-state index contributed by atoms with van der Waals surface area (Å²) in [5.74, 6) is -0.156. The van der Waals surface area contributed by atoms with E-state index < -0.39 is 19.3 Å². The number of ether oxygens (including phenoxy) is 1. The Bertz CT molecular complexity index is 239. The second kappa shape index (κ2) is 8.88. The monoisotopic (exact) mass is 269 g/mol. The van der Waals surface area contributed by atoms with Crippen LogP contribution in [0.2, 0.25) is 0 Å². The zero-order chi connectivity index (χ0) is 12.6. The van der Waals surface area contributed by atoms with Gasteiger partial charge in [-0.3, -0.25) is 4.79 Å². The molecule has 0 bridgehead atoms. The summed E-state index contributed by atoms with van der Waals surface area (Å²) in [6, 6.07) is -0.590. The van der Waals surface area contributed by atoms with Crippen molar-refractivity contribution in [1.82, 2.24) is 5.09 Å². The Balaban J connectivity index is 3.74. The Morgan fingerprint density at radius 3 is 2.69 bits per heavy atom. The SMILES string of the molecule is CCC(CCN[P+](=O)Cl)COC(=O)[C@H](C)N. The maximum absolute atomic E-state index is 11.1. The number of hydrogen-bond acceptors (Lipinski definition) is 4. The molecule has 5 nitrogen and oxygen atoms in total. The van der Waals surface area contributed by atoms with Crippen molar-refractivity contribution < 1.29 is 14.1 Å². The van der Waals surface area contributed by atoms with Gasteiger partial charge in [0.05, 0.1) is 6.61 Å². The van der Waals surface area contributed by atoms with Gasteiger partial charge in [-0.25, -0.2) is 0 Å². The molecule has 0 spiro atoms. The van der Waals surface area contributed by atoms with E-state index >= 15 is 0 Å². The zero-order valence-corrected chi connectivity index (χ0v) is 11.3. The maximum atomic E-state index is 11.1. The fourth-order valence-electron chi connectivity index (χ4n) is 1.09. The van der Waals surface area contributed by atoms with Gasteiger partial charge in [0.2, 0.25) is 11.2 Å². The highest BCUT2D eigenvalue weighted by molar-refractivity contribution is 7.72. The topological polar surface area (TPSA) is 81.4 Å². The van der Waals surface area contributed by atoms with Crippen LogP contribution in [0.5, 0.6) is 0 Å². The predicted molar refractivity (Wildman–Crippen MR) is 64.5 cm³/mol. The van der Waals surface area contributed by atoms with Gasteiger partial charge < -0.3 is 10.5 Å². The van der Waals surface area contributed by atoms with Crippen LogP contribution >= 0.6 is 18.5 Å². The second-order valence-electron chi connectivity index (χ2n) is 3.63. The van der Waals surface area contributed by atoms with Gasteiger partial charge in [0.1, 0.15) is 6.04 Å². The highest BCUT2D eigenvalue weighted by Crippen LogP contribution is 2.20. The van der Waals surface area contributed by atoms with Gasteiger partial charge in [-0.1, -0.05) is 18.4 Å². The Kier molecular flexibility index (Phi) is 8.76. The highest BCUT2D eigenvalue weighted by atomic mass is 35.7. The molecule has 0 aliphatic rings. The van der Waals surface area contributed by atoms with Crippen LogP contribution in [0.25, 0.3) is 0 Å². The summed E-state index contributed by atoms with van der Waals surface area (Å²) in [5.41, 5.74) is 5.36. The molecule has 0 rings (SSSR count). The summed E-state index contributed by atoms with van der Waals surface area (Å²) in [4.78, 5) is 11.1. The van der Waals surface area contributed by atoms with E-state index in [1.807, 2.05) is 6.92 Å². The molecule has 0 aromatic heterocycles. The minimum absolute atomic E-state index is 0.238. The van der Waals surface area contributed by atoms with Crippen LogP contribution in [0.1, 0.15) is 26.7 Å². The molecule has 0 aliphatic carbocycles. The largest absolute Gasteiger partial charge is 0.553 e. The van der Waals surface area contributed by atoms with Crippen LogP contribution in [0.3, 0.4) is 0 Å². The van der Waals surface area contributed by atoms with E-state index in [2.05, 4.69) is 5.09 Å². The van der Waals surface area contributed by atoms with Crippen molar-refractivity contribution in [3.05, 3.63) is 0 Å². The average molecular weight is 270 g/mol. The zero-order valence-electron chi connectivity index (χ0n) is 9.61. The number of halogens is 1. The predicted octanol–water partition coefficient (Wildman–Crippen LogP) is 1.78. The minimum atomic E-state index is -1.82. The van der Waals surface area contributed by atoms with Crippen molar-refractivity contribution in [3.8, 4) is 0 Å². The van der Waals surface area contributed by atoms with Crippen molar-refractivity contribution in [2.45, 2.75) is 32.7 Å². The molecule has 3 N–H and O–H groups in total. The second-order valence-corrected chi connectivity index (χ2v) is 5.36. The molecule has 7 heteroatoms. The number of nitrogens with two attached hydrogens (primary N) is 1. The fraction of sp³-hybridized carbons (Fsp3) is 0.889. The first kappa shape index (κ1) is 15.8. The molecule has 0 saturated carbocycles. The number of hydrogen-bond donors (Lipinski definition) is 2. The van der Waals surface area contributed by atoms with E-state index in [9.17, 15) is 9.36 Å². The van der Waals surface area contributed by atoms with Crippen LogP contribution in [0.15, 0.2) is 0 Å². The van der Waals surface area contributed by atoms with Gasteiger partial charge in [-0.15, -0.1) is 0 Å². The lowest BCUT2D eigenvalue weighted by Gasteiger charge is -2.14. The van der Waals surface area contributed by atoms with Gasteiger partial charge >= 0.3 is 13.3 Å². The van der Waals surface area contributed by atoms with E-state index in [1.165, 1.54) is 0 Å². The van der Waals surface area contributed by atoms with Crippen LogP contribution in [-0.4, -0.2) is 25.2 Å². The Morgan fingerprint density at radius 1 is 1.62 bits per heavy atom. The molecule has 2 unspecified atom stereocenters. The van der Waals surface area contributed by atoms with E-state index in [1.54, 1.807) is 6.92 Å². The molecule has 0 aromatic carbocycles. The molecule has 0 aromatic rings. The molecule has 94 valence electrons. The lowest BCUT2D eigenvalue weighted by atomic mass is 10.0. The smallest absolute Gasteiger partial charge is 0.464 e. The van der Waals surface area contributed by atoms with Crippen LogP contribution in [0.4, 0.5) is 0 Å².